The van der Waals surface area contributed by atoms with Gasteiger partial charge in [0.1, 0.15) is 6.61 Å². The summed E-state index contributed by atoms with van der Waals surface area (Å²) in [5.41, 5.74) is 0.384. The first-order valence-corrected chi connectivity index (χ1v) is 13.1. The molecule has 2 aromatic rings. The van der Waals surface area contributed by atoms with Crippen molar-refractivity contribution in [3.8, 4) is 0 Å². The molecule has 1 aliphatic rings. The Kier molecular flexibility index (Phi) is 8.75. The molecule has 190 valence electrons. The minimum absolute atomic E-state index is 0.274. The molecular weight excluding hydrogens is 456 g/mol. The normalized spacial score (nSPS) is 16.4. The Morgan fingerprint density at radius 1 is 1.12 bits per heavy atom. The summed E-state index contributed by atoms with van der Waals surface area (Å²) in [6.45, 7) is 8.58. The van der Waals surface area contributed by atoms with Crippen molar-refractivity contribution in [2.24, 2.45) is 5.41 Å². The number of nitrogens with zero attached hydrogens (tertiary/aromatic N) is 4. The Morgan fingerprint density at radius 2 is 1.79 bits per heavy atom. The smallest absolute Gasteiger partial charge is 0.366 e. The van der Waals surface area contributed by atoms with Gasteiger partial charge in [-0.15, -0.1) is 0 Å². The van der Waals surface area contributed by atoms with Crippen LogP contribution in [-0.4, -0.2) is 107 Å². The molecule has 0 saturated carbocycles. The molecule has 1 aromatic heterocycles. The van der Waals surface area contributed by atoms with Crippen LogP contribution in [-0.2, 0) is 30.4 Å². The maximum atomic E-state index is 13.1. The lowest BCUT2D eigenvalue weighted by Gasteiger charge is -2.32. The number of hydrogen-bond donors (Lipinski definition) is 0. The van der Waals surface area contributed by atoms with E-state index in [0.717, 1.165) is 43.7 Å². The number of aromatic nitrogens is 1. The highest BCUT2D eigenvalue weighted by Crippen LogP contribution is 2.26. The fourth-order valence-corrected chi connectivity index (χ4v) is 5.03. The Balaban J connectivity index is 1.61. The molecule has 0 spiro atoms. The van der Waals surface area contributed by atoms with Crippen molar-refractivity contribution in [1.29, 1.82) is 0 Å². The van der Waals surface area contributed by atoms with Crippen LogP contribution >= 0.6 is 0 Å². The molecule has 3 rings (SSSR count). The summed E-state index contributed by atoms with van der Waals surface area (Å²) in [6, 6.07) is 7.35. The van der Waals surface area contributed by atoms with Gasteiger partial charge in [0.2, 0.25) is 0 Å². The van der Waals surface area contributed by atoms with Gasteiger partial charge in [-0.2, -0.15) is 8.42 Å². The predicted molar refractivity (Wildman–Crippen MR) is 133 cm³/mol. The van der Waals surface area contributed by atoms with Gasteiger partial charge in [0.25, 0.3) is 0 Å². The summed E-state index contributed by atoms with van der Waals surface area (Å²) in [6.07, 6.45) is 2.33. The summed E-state index contributed by atoms with van der Waals surface area (Å²) in [7, 11) is 1.92. The zero-order chi connectivity index (χ0) is 24.9. The summed E-state index contributed by atoms with van der Waals surface area (Å²) >= 11 is 0. The molecule has 1 aliphatic heterocycles. The molecule has 0 amide bonds. The second-order valence-electron chi connectivity index (χ2n) is 9.91. The van der Waals surface area contributed by atoms with Crippen molar-refractivity contribution < 1.29 is 22.1 Å². The molecule has 0 unspecified atom stereocenters. The van der Waals surface area contributed by atoms with Crippen LogP contribution in [0, 0.1) is 5.41 Å². The average Bonchev–Trinajstić information content (AvgIpc) is 3.17. The van der Waals surface area contributed by atoms with Crippen LogP contribution in [0.3, 0.4) is 0 Å². The largest absolute Gasteiger partial charge is 0.464 e. The Labute approximate surface area is 203 Å². The molecule has 2 heterocycles. The van der Waals surface area contributed by atoms with E-state index >= 15 is 0 Å². The van der Waals surface area contributed by atoms with Crippen LogP contribution in [0.15, 0.2) is 30.5 Å². The molecule has 0 N–H and O–H groups in total. The molecule has 1 fully saturated rings. The molecule has 9 nitrogen and oxygen atoms in total. The van der Waals surface area contributed by atoms with E-state index in [0.29, 0.717) is 18.5 Å². The van der Waals surface area contributed by atoms with E-state index in [1.54, 1.807) is 32.2 Å². The van der Waals surface area contributed by atoms with E-state index in [9.17, 15) is 13.2 Å². The van der Waals surface area contributed by atoms with Crippen molar-refractivity contribution >= 4 is 27.2 Å². The van der Waals surface area contributed by atoms with Crippen molar-refractivity contribution in [2.45, 2.75) is 20.3 Å². The van der Waals surface area contributed by atoms with E-state index in [2.05, 4.69) is 21.7 Å². The van der Waals surface area contributed by atoms with Crippen molar-refractivity contribution in [3.63, 3.8) is 0 Å². The molecule has 34 heavy (non-hydrogen) atoms. The van der Waals surface area contributed by atoms with Gasteiger partial charge < -0.3 is 14.5 Å². The quantitative estimate of drug-likeness (QED) is 0.436. The maximum absolute atomic E-state index is 13.1. The van der Waals surface area contributed by atoms with E-state index in [1.807, 2.05) is 26.2 Å². The lowest BCUT2D eigenvalue weighted by atomic mass is 9.95. The second kappa shape index (κ2) is 11.2. The summed E-state index contributed by atoms with van der Waals surface area (Å²) in [4.78, 5) is 19.2. The number of hydrogen-bond acceptors (Lipinski definition) is 8. The summed E-state index contributed by atoms with van der Waals surface area (Å²) in [5, 5.41) is 0.874. The molecule has 0 aliphatic carbocycles. The number of carbonyl (C=O) groups is 1. The topological polar surface area (TPSA) is 84.3 Å². The van der Waals surface area contributed by atoms with Gasteiger partial charge in [0, 0.05) is 50.9 Å². The van der Waals surface area contributed by atoms with E-state index in [4.69, 9.17) is 8.92 Å². The molecular formula is C24H38N4O5S. The van der Waals surface area contributed by atoms with Gasteiger partial charge in [-0.25, -0.2) is 3.97 Å². The first-order chi connectivity index (χ1) is 16.0. The minimum atomic E-state index is -4.13. The van der Waals surface area contributed by atoms with E-state index in [1.165, 1.54) is 3.97 Å². The van der Waals surface area contributed by atoms with Crippen molar-refractivity contribution in [2.75, 3.05) is 73.6 Å². The third kappa shape index (κ3) is 6.79. The predicted octanol–water partition coefficient (Wildman–Crippen LogP) is 1.67. The number of para-hydroxylation sites is 1. The molecule has 0 atom stereocenters. The Hall–Kier alpha value is -1.98. The van der Waals surface area contributed by atoms with Crippen LogP contribution in [0.2, 0.25) is 0 Å². The standard InChI is InChI=1S/C24H38N4O5S/c1-24(2,23(29)32-17-16-27-14-12-26(5)13-15-27)19-33-34(30,31)28-18-20(10-11-25(3)4)21-8-6-7-9-22(21)28/h6-9,18H,10-17,19H2,1-5H3. The number of ether oxygens (including phenoxy) is 1. The molecule has 10 heteroatoms. The van der Waals surface area contributed by atoms with Gasteiger partial charge >= 0.3 is 16.3 Å². The Bertz CT molecular complexity index is 1070. The van der Waals surface area contributed by atoms with Gasteiger partial charge in [-0.1, -0.05) is 18.2 Å². The van der Waals surface area contributed by atoms with Crippen LogP contribution in [0.5, 0.6) is 0 Å². The number of benzene rings is 1. The summed E-state index contributed by atoms with van der Waals surface area (Å²) < 4.78 is 38.2. The fraction of sp³-hybridized carbons (Fsp3) is 0.625. The first kappa shape index (κ1) is 26.6. The highest BCUT2D eigenvalue weighted by molar-refractivity contribution is 7.85. The van der Waals surface area contributed by atoms with Crippen LogP contribution < -0.4 is 0 Å². The first-order valence-electron chi connectivity index (χ1n) is 11.7. The monoisotopic (exact) mass is 494 g/mol. The number of likely N-dealkylation sites (N-methyl/N-ethyl adjacent to an activating group) is 2. The van der Waals surface area contributed by atoms with Crippen LogP contribution in [0.25, 0.3) is 10.9 Å². The molecule has 1 aromatic carbocycles. The third-order valence-corrected chi connectivity index (χ3v) is 7.39. The molecule has 0 bridgehead atoms. The lowest BCUT2D eigenvalue weighted by Crippen LogP contribution is -2.46. The van der Waals surface area contributed by atoms with Crippen LogP contribution in [0.1, 0.15) is 19.4 Å². The maximum Gasteiger partial charge on any atom is 0.366 e. The third-order valence-electron chi connectivity index (χ3n) is 6.19. The average molecular weight is 495 g/mol. The fourth-order valence-electron chi connectivity index (χ4n) is 3.82. The zero-order valence-electron chi connectivity index (χ0n) is 21.0. The van der Waals surface area contributed by atoms with Gasteiger partial charge in [0.05, 0.1) is 17.5 Å². The second-order valence-corrected chi connectivity index (χ2v) is 11.4. The Morgan fingerprint density at radius 3 is 2.47 bits per heavy atom. The van der Waals surface area contributed by atoms with E-state index in [-0.39, 0.29) is 13.2 Å². The van der Waals surface area contributed by atoms with Gasteiger partial charge in [0.15, 0.2) is 0 Å². The number of piperazine rings is 1. The highest BCUT2D eigenvalue weighted by Gasteiger charge is 2.33. The van der Waals surface area contributed by atoms with Gasteiger partial charge in [-0.05, 0) is 53.0 Å². The zero-order valence-corrected chi connectivity index (χ0v) is 21.8. The van der Waals surface area contributed by atoms with Gasteiger partial charge in [-0.3, -0.25) is 13.9 Å². The van der Waals surface area contributed by atoms with Crippen molar-refractivity contribution in [3.05, 3.63) is 36.0 Å². The number of rotatable bonds is 11. The van der Waals surface area contributed by atoms with Crippen LogP contribution in [0.4, 0.5) is 0 Å². The minimum Gasteiger partial charge on any atom is -0.464 e. The lowest BCUT2D eigenvalue weighted by molar-refractivity contribution is -0.156. The number of fused-ring (bicyclic) bond motifs is 1. The molecule has 1 saturated heterocycles. The molecule has 0 radical (unpaired) electrons. The SMILES string of the molecule is CN(C)CCc1cn(S(=O)(=O)OCC(C)(C)C(=O)OCCN2CCN(C)CC2)c2ccccc12. The highest BCUT2D eigenvalue weighted by atomic mass is 32.2. The van der Waals surface area contributed by atoms with Crippen molar-refractivity contribution in [1.82, 2.24) is 18.7 Å². The summed E-state index contributed by atoms with van der Waals surface area (Å²) in [5.74, 6) is -0.471. The van der Waals surface area contributed by atoms with E-state index < -0.39 is 21.7 Å². The number of esters is 1. The number of carbonyl (C=O) groups excluding carboxylic acids is 1.